The monoisotopic (exact) mass is 280 g/mol. The zero-order valence-electron chi connectivity index (χ0n) is 11.0. The predicted molar refractivity (Wildman–Crippen MR) is 69.5 cm³/mol. The number of rotatable bonds is 4. The Labute approximate surface area is 117 Å². The van der Waals surface area contributed by atoms with Crippen LogP contribution in [-0.4, -0.2) is 37.8 Å². The molecule has 0 bridgehead atoms. The molecule has 0 spiro atoms. The van der Waals surface area contributed by atoms with E-state index in [2.05, 4.69) is 6.58 Å². The van der Waals surface area contributed by atoms with Crippen molar-refractivity contribution in [3.05, 3.63) is 48.3 Å². The Morgan fingerprint density at radius 1 is 1.30 bits per heavy atom. The molecule has 20 heavy (non-hydrogen) atoms. The van der Waals surface area contributed by atoms with Gasteiger partial charge in [-0.25, -0.2) is 4.39 Å². The summed E-state index contributed by atoms with van der Waals surface area (Å²) in [5.41, 5.74) is 0.510. The normalized spacial score (nSPS) is 32.9. The predicted octanol–water partition coefficient (Wildman–Crippen LogP) is 2.04. The lowest BCUT2D eigenvalue weighted by Gasteiger charge is -2.27. The molecule has 2 aliphatic rings. The Kier molecular flexibility index (Phi) is 4.12. The van der Waals surface area contributed by atoms with Gasteiger partial charge in [0.2, 0.25) is 0 Å². The zero-order chi connectivity index (χ0) is 13.9. The third-order valence-electron chi connectivity index (χ3n) is 3.50. The fourth-order valence-corrected chi connectivity index (χ4v) is 2.49. The number of halogens is 1. The van der Waals surface area contributed by atoms with E-state index in [1.165, 1.54) is 6.07 Å². The average Bonchev–Trinajstić information content (AvgIpc) is 2.84. The van der Waals surface area contributed by atoms with Crippen molar-refractivity contribution >= 4 is 0 Å². The first-order chi connectivity index (χ1) is 9.79. The molecule has 4 nitrogen and oxygen atoms in total. The summed E-state index contributed by atoms with van der Waals surface area (Å²) < 4.78 is 36.2. The molecule has 0 aromatic heterocycles. The minimum Gasteiger partial charge on any atom is -0.368 e. The van der Waals surface area contributed by atoms with Crippen molar-refractivity contribution in [2.45, 2.75) is 31.2 Å². The highest BCUT2D eigenvalue weighted by Crippen LogP contribution is 2.30. The van der Waals surface area contributed by atoms with E-state index in [1.807, 2.05) is 0 Å². The van der Waals surface area contributed by atoms with Crippen LogP contribution in [-0.2, 0) is 25.6 Å². The summed E-state index contributed by atoms with van der Waals surface area (Å²) in [6.07, 6.45) is 0.292. The van der Waals surface area contributed by atoms with Gasteiger partial charge in [0.1, 0.15) is 24.1 Å². The Bertz CT molecular complexity index is 479. The smallest absolute Gasteiger partial charge is 0.187 e. The first kappa shape index (κ1) is 13.7. The Morgan fingerprint density at radius 2 is 2.10 bits per heavy atom. The van der Waals surface area contributed by atoms with Gasteiger partial charge in [-0.15, -0.1) is 6.58 Å². The minimum atomic E-state index is -0.433. The highest BCUT2D eigenvalue weighted by molar-refractivity contribution is 5.16. The molecule has 3 rings (SSSR count). The second-order valence-corrected chi connectivity index (χ2v) is 4.78. The van der Waals surface area contributed by atoms with E-state index in [9.17, 15) is 4.39 Å². The number of fused-ring (bicyclic) bond motifs is 1. The van der Waals surface area contributed by atoms with Gasteiger partial charge < -0.3 is 18.9 Å². The number of benzene rings is 1. The van der Waals surface area contributed by atoms with Crippen LogP contribution in [0.4, 0.5) is 4.39 Å². The number of ether oxygens (including phenoxy) is 4. The van der Waals surface area contributed by atoms with Gasteiger partial charge in [-0.3, -0.25) is 0 Å². The van der Waals surface area contributed by atoms with Crippen molar-refractivity contribution in [3.8, 4) is 0 Å². The van der Waals surface area contributed by atoms with E-state index in [1.54, 1.807) is 24.3 Å². The van der Waals surface area contributed by atoms with Gasteiger partial charge in [0.05, 0.1) is 19.8 Å². The van der Waals surface area contributed by atoms with Crippen molar-refractivity contribution in [2.24, 2.45) is 0 Å². The first-order valence-corrected chi connectivity index (χ1v) is 6.66. The summed E-state index contributed by atoms with van der Waals surface area (Å²) in [6, 6.07) is 6.54. The van der Waals surface area contributed by atoms with Gasteiger partial charge in [-0.05, 0) is 6.07 Å². The van der Waals surface area contributed by atoms with Crippen LogP contribution in [0.2, 0.25) is 0 Å². The molecule has 4 atom stereocenters. The lowest BCUT2D eigenvalue weighted by molar-refractivity contribution is -0.220. The molecule has 0 amide bonds. The molecular formula is C15H17FO4. The Balaban J connectivity index is 1.68. The van der Waals surface area contributed by atoms with E-state index >= 15 is 0 Å². The summed E-state index contributed by atoms with van der Waals surface area (Å²) >= 11 is 0. The van der Waals surface area contributed by atoms with Crippen molar-refractivity contribution in [1.82, 2.24) is 0 Å². The van der Waals surface area contributed by atoms with Crippen LogP contribution < -0.4 is 0 Å². The lowest BCUT2D eigenvalue weighted by atomic mass is 10.1. The summed E-state index contributed by atoms with van der Waals surface area (Å²) in [6.45, 7) is 4.91. The van der Waals surface area contributed by atoms with Crippen LogP contribution in [0.25, 0.3) is 0 Å². The Morgan fingerprint density at radius 3 is 2.90 bits per heavy atom. The number of hydrogen-bond donors (Lipinski definition) is 0. The molecule has 0 radical (unpaired) electrons. The fourth-order valence-electron chi connectivity index (χ4n) is 2.49. The average molecular weight is 280 g/mol. The molecule has 0 N–H and O–H groups in total. The molecule has 1 aromatic carbocycles. The molecule has 0 saturated carbocycles. The minimum absolute atomic E-state index is 0.164. The third-order valence-corrected chi connectivity index (χ3v) is 3.50. The van der Waals surface area contributed by atoms with Crippen LogP contribution in [0.15, 0.2) is 36.9 Å². The first-order valence-electron chi connectivity index (χ1n) is 6.66. The van der Waals surface area contributed by atoms with Gasteiger partial charge in [0.15, 0.2) is 6.29 Å². The van der Waals surface area contributed by atoms with Crippen LogP contribution in [0.3, 0.4) is 0 Å². The fraction of sp³-hybridized carbons (Fsp3) is 0.467. The third kappa shape index (κ3) is 2.62. The molecule has 1 aromatic rings. The molecule has 0 unspecified atom stereocenters. The van der Waals surface area contributed by atoms with Gasteiger partial charge in [-0.1, -0.05) is 24.3 Å². The van der Waals surface area contributed by atoms with Gasteiger partial charge in [0.25, 0.3) is 0 Å². The van der Waals surface area contributed by atoms with Crippen molar-refractivity contribution in [3.63, 3.8) is 0 Å². The quantitative estimate of drug-likeness (QED) is 0.791. The second kappa shape index (κ2) is 6.01. The maximum absolute atomic E-state index is 13.6. The number of hydrogen-bond acceptors (Lipinski definition) is 4. The van der Waals surface area contributed by atoms with E-state index in [0.717, 1.165) is 0 Å². The van der Waals surface area contributed by atoms with Crippen LogP contribution in [0, 0.1) is 5.82 Å². The van der Waals surface area contributed by atoms with Gasteiger partial charge in [-0.2, -0.15) is 0 Å². The standard InChI is InChI=1S/C15H17FO4/c1-2-12-13(14-15(20-12)18-8-7-17-14)19-9-10-5-3-4-6-11(10)16/h2-6,12-15H,1,7-9H2/t12-,13+,14-,15+/m1/s1. The molecular weight excluding hydrogens is 263 g/mol. The molecule has 5 heteroatoms. The summed E-state index contributed by atoms with van der Waals surface area (Å²) in [7, 11) is 0. The van der Waals surface area contributed by atoms with E-state index in [4.69, 9.17) is 18.9 Å². The van der Waals surface area contributed by atoms with E-state index in [0.29, 0.717) is 18.8 Å². The summed E-state index contributed by atoms with van der Waals surface area (Å²) in [5, 5.41) is 0. The van der Waals surface area contributed by atoms with E-state index < -0.39 is 6.29 Å². The molecule has 2 aliphatic heterocycles. The maximum atomic E-state index is 13.6. The largest absolute Gasteiger partial charge is 0.368 e. The second-order valence-electron chi connectivity index (χ2n) is 4.78. The van der Waals surface area contributed by atoms with Gasteiger partial charge in [0, 0.05) is 5.56 Å². The maximum Gasteiger partial charge on any atom is 0.187 e. The SMILES string of the molecule is C=C[C@H]1O[C@@H]2OCCO[C@@H]2[C@H]1OCc1ccccc1F. The van der Waals surface area contributed by atoms with Crippen LogP contribution >= 0.6 is 0 Å². The van der Waals surface area contributed by atoms with Gasteiger partial charge >= 0.3 is 0 Å². The zero-order valence-corrected chi connectivity index (χ0v) is 11.0. The highest BCUT2D eigenvalue weighted by Gasteiger charge is 2.47. The molecule has 2 heterocycles. The van der Waals surface area contributed by atoms with Crippen LogP contribution in [0.5, 0.6) is 0 Å². The van der Waals surface area contributed by atoms with Crippen molar-refractivity contribution in [2.75, 3.05) is 13.2 Å². The topological polar surface area (TPSA) is 36.9 Å². The van der Waals surface area contributed by atoms with Crippen LogP contribution in [0.1, 0.15) is 5.56 Å². The summed E-state index contributed by atoms with van der Waals surface area (Å²) in [4.78, 5) is 0. The van der Waals surface area contributed by atoms with Crippen molar-refractivity contribution < 1.29 is 23.3 Å². The molecule has 2 saturated heterocycles. The van der Waals surface area contributed by atoms with Crippen molar-refractivity contribution in [1.29, 1.82) is 0 Å². The Hall–Kier alpha value is -1.27. The lowest BCUT2D eigenvalue weighted by Crippen LogP contribution is -2.42. The molecule has 108 valence electrons. The summed E-state index contributed by atoms with van der Waals surface area (Å²) in [5.74, 6) is -0.279. The highest BCUT2D eigenvalue weighted by atomic mass is 19.1. The molecule has 2 fully saturated rings. The molecule has 0 aliphatic carbocycles. The van der Waals surface area contributed by atoms with E-state index in [-0.39, 0.29) is 30.7 Å².